The molecule has 2 fully saturated rings. The van der Waals surface area contributed by atoms with Gasteiger partial charge in [0.1, 0.15) is 11.7 Å². The van der Waals surface area contributed by atoms with Crippen molar-refractivity contribution in [2.45, 2.75) is 56.3 Å². The molecule has 1 saturated carbocycles. The first-order valence-electron chi connectivity index (χ1n) is 13.4. The number of hydrogen-bond donors (Lipinski definition) is 8. The average Bonchev–Trinajstić information content (AvgIpc) is 3.39. The van der Waals surface area contributed by atoms with Crippen LogP contribution in [0.4, 0.5) is 5.13 Å². The number of rotatable bonds is 14. The van der Waals surface area contributed by atoms with Gasteiger partial charge in [-0.1, -0.05) is 5.16 Å². The van der Waals surface area contributed by atoms with Gasteiger partial charge in [-0.25, -0.2) is 14.1 Å². The van der Waals surface area contributed by atoms with Gasteiger partial charge in [0.15, 0.2) is 16.6 Å². The van der Waals surface area contributed by atoms with Crippen LogP contribution in [0.25, 0.3) is 0 Å². The van der Waals surface area contributed by atoms with Crippen molar-refractivity contribution in [2.24, 2.45) is 5.16 Å². The molecule has 0 bridgehead atoms. The van der Waals surface area contributed by atoms with Crippen LogP contribution in [0.2, 0.25) is 0 Å². The van der Waals surface area contributed by atoms with Crippen molar-refractivity contribution >= 4 is 62.1 Å². The van der Waals surface area contributed by atoms with E-state index in [9.17, 15) is 52.0 Å². The summed E-state index contributed by atoms with van der Waals surface area (Å²) in [5.74, 6) is -5.52. The van der Waals surface area contributed by atoms with E-state index in [1.807, 2.05) is 0 Å². The average molecular weight is 685 g/mol. The molecule has 0 radical (unpaired) electrons. The Morgan fingerprint density at radius 3 is 2.41 bits per heavy atom. The number of hydrogen-bond acceptors (Lipinski definition) is 14. The van der Waals surface area contributed by atoms with Crippen molar-refractivity contribution in [1.82, 2.24) is 30.2 Å². The second kappa shape index (κ2) is 13.5. The third-order valence-corrected chi connectivity index (χ3v) is 8.68. The smallest absolute Gasteiger partial charge is 0.362 e. The number of carbonyl (C=O) groups excluding carboxylic acids is 4. The monoisotopic (exact) mass is 684 g/mol. The number of carboxylic acids is 1. The molecule has 4 rings (SSSR count). The summed E-state index contributed by atoms with van der Waals surface area (Å²) in [4.78, 5) is 85.3. The molecule has 0 spiro atoms. The van der Waals surface area contributed by atoms with Crippen LogP contribution >= 0.6 is 11.3 Å². The molecule has 22 heteroatoms. The molecule has 2 aliphatic rings. The van der Waals surface area contributed by atoms with E-state index < -0.39 is 81.0 Å². The zero-order valence-electron chi connectivity index (χ0n) is 23.6. The Morgan fingerprint density at radius 2 is 1.87 bits per heavy atom. The number of H-pyrrole nitrogens is 1. The first-order valence-corrected chi connectivity index (χ1v) is 15.7. The second-order valence-corrected chi connectivity index (χ2v) is 12.4. The molecule has 0 unspecified atom stereocenters. The van der Waals surface area contributed by atoms with Crippen molar-refractivity contribution in [2.75, 3.05) is 12.3 Å². The number of thiazole rings is 1. The fraction of sp³-hybridized carbons (Fsp3) is 0.417. The number of nitrogens with one attached hydrogen (secondary N) is 4. The lowest BCUT2D eigenvalue weighted by Crippen LogP contribution is -2.74. The summed E-state index contributed by atoms with van der Waals surface area (Å²) in [6, 6.07) is -2.04. The SMILES string of the molecule is Nc1nc(/C(=N/OC2(C(=O)O)CCC2)C(=O)N[C@@H]2C(=O)N(S(=O)(=O)O)[C@@H]2CNC(=O)CCC(=O)NCc2cc(=O)c(O)c[nH]2)cs1. The van der Waals surface area contributed by atoms with Gasteiger partial charge in [-0.2, -0.15) is 8.42 Å². The van der Waals surface area contributed by atoms with Crippen molar-refractivity contribution in [3.63, 3.8) is 0 Å². The number of aromatic nitrogens is 2. The first-order chi connectivity index (χ1) is 21.6. The van der Waals surface area contributed by atoms with Gasteiger partial charge in [0, 0.05) is 55.6 Å². The standard InChI is InChI=1S/C24H28N8O12S2/c25-23-29-12(10-45-23)18(31-44-24(22(39)40)4-1-5-24)20(37)30-19-13(32(21(19)38)46(41,42)43)8-28-17(36)3-2-16(35)27-7-11-6-14(33)15(34)9-26-11/h6,9-10,13,19,34H,1-5,7-8H2,(H2,25,29)(H,26,33)(H,27,35)(H,28,36)(H,30,37)(H,39,40)(H,41,42,43)/b31-18-/t13-,19+/m1/s1. The van der Waals surface area contributed by atoms with Crippen LogP contribution in [0.15, 0.2) is 27.6 Å². The summed E-state index contributed by atoms with van der Waals surface area (Å²) < 4.78 is 33.3. The summed E-state index contributed by atoms with van der Waals surface area (Å²) in [5.41, 5.74) is 2.91. The minimum Gasteiger partial charge on any atom is -0.503 e. The highest BCUT2D eigenvalue weighted by Gasteiger charge is 2.54. The van der Waals surface area contributed by atoms with E-state index in [1.54, 1.807) is 0 Å². The maximum absolute atomic E-state index is 13.2. The van der Waals surface area contributed by atoms with Gasteiger partial charge < -0.3 is 41.7 Å². The maximum Gasteiger partial charge on any atom is 0.362 e. The number of nitrogens with zero attached hydrogens (tertiary/aromatic N) is 3. The Bertz CT molecular complexity index is 1750. The number of aliphatic carboxylic acids is 1. The number of nitrogen functional groups attached to an aromatic ring is 1. The lowest BCUT2D eigenvalue weighted by atomic mass is 9.80. The molecule has 20 nitrogen and oxygen atoms in total. The molecule has 248 valence electrons. The van der Waals surface area contributed by atoms with Gasteiger partial charge in [-0.05, 0) is 6.42 Å². The Kier molecular flexibility index (Phi) is 9.92. The lowest BCUT2D eigenvalue weighted by Gasteiger charge is -2.44. The molecular weight excluding hydrogens is 656 g/mol. The van der Waals surface area contributed by atoms with Gasteiger partial charge in [0.25, 0.3) is 11.8 Å². The quantitative estimate of drug-likeness (QED) is 0.0444. The van der Waals surface area contributed by atoms with Crippen LogP contribution in [0.5, 0.6) is 5.75 Å². The number of oxime groups is 1. The highest BCUT2D eigenvalue weighted by atomic mass is 32.2. The topological polar surface area (TPSA) is 313 Å². The fourth-order valence-corrected chi connectivity index (χ4v) is 5.80. The van der Waals surface area contributed by atoms with Crippen molar-refractivity contribution in [3.8, 4) is 5.75 Å². The highest BCUT2D eigenvalue weighted by molar-refractivity contribution is 7.84. The van der Waals surface area contributed by atoms with E-state index in [2.05, 4.69) is 31.1 Å². The number of anilines is 1. The number of β-lactam (4-membered cyclic amide) rings is 1. The first kappa shape index (κ1) is 33.8. The molecular formula is C24H28N8O12S2. The predicted molar refractivity (Wildman–Crippen MR) is 155 cm³/mol. The Labute approximate surface area is 262 Å². The number of carbonyl (C=O) groups is 5. The summed E-state index contributed by atoms with van der Waals surface area (Å²) in [7, 11) is -5.12. The zero-order chi connectivity index (χ0) is 33.8. The van der Waals surface area contributed by atoms with Gasteiger partial charge in [0.05, 0.1) is 12.6 Å². The summed E-state index contributed by atoms with van der Waals surface area (Å²) >= 11 is 0.921. The van der Waals surface area contributed by atoms with Gasteiger partial charge in [-0.3, -0.25) is 28.5 Å². The third-order valence-electron chi connectivity index (χ3n) is 7.06. The van der Waals surface area contributed by atoms with Crippen LogP contribution in [0.3, 0.4) is 0 Å². The highest BCUT2D eigenvalue weighted by Crippen LogP contribution is 2.36. The van der Waals surface area contributed by atoms with Crippen molar-refractivity contribution in [1.29, 1.82) is 0 Å². The molecule has 2 atom stereocenters. The minimum absolute atomic E-state index is 0.0221. The molecule has 0 aromatic carbocycles. The molecule has 3 heterocycles. The number of nitrogens with two attached hydrogens (primary N) is 1. The van der Waals surface area contributed by atoms with E-state index in [0.29, 0.717) is 6.42 Å². The molecule has 1 aliphatic heterocycles. The molecule has 46 heavy (non-hydrogen) atoms. The van der Waals surface area contributed by atoms with Crippen LogP contribution in [-0.4, -0.2) is 97.0 Å². The zero-order valence-corrected chi connectivity index (χ0v) is 25.2. The van der Waals surface area contributed by atoms with E-state index in [4.69, 9.17) is 10.6 Å². The molecule has 1 aliphatic carbocycles. The number of pyridine rings is 1. The second-order valence-electron chi connectivity index (χ2n) is 10.2. The van der Waals surface area contributed by atoms with Crippen LogP contribution in [0.1, 0.15) is 43.5 Å². The molecule has 2 aromatic rings. The van der Waals surface area contributed by atoms with Crippen LogP contribution in [0, 0.1) is 0 Å². The predicted octanol–water partition coefficient (Wildman–Crippen LogP) is -2.44. The number of aromatic hydroxyl groups is 1. The lowest BCUT2D eigenvalue weighted by molar-refractivity contribution is -0.178. The molecule has 2 aromatic heterocycles. The largest absolute Gasteiger partial charge is 0.503 e. The van der Waals surface area contributed by atoms with Crippen LogP contribution in [-0.2, 0) is 45.7 Å². The van der Waals surface area contributed by atoms with E-state index in [-0.39, 0.29) is 53.1 Å². The van der Waals surface area contributed by atoms with E-state index in [0.717, 1.165) is 23.6 Å². The summed E-state index contributed by atoms with van der Waals surface area (Å²) in [6.45, 7) is -0.688. The normalized spacial score (nSPS) is 18.9. The van der Waals surface area contributed by atoms with Gasteiger partial charge in [-0.15, -0.1) is 11.3 Å². The fourth-order valence-electron chi connectivity index (χ4n) is 4.37. The van der Waals surface area contributed by atoms with Crippen molar-refractivity contribution in [3.05, 3.63) is 39.3 Å². The summed E-state index contributed by atoms with van der Waals surface area (Å²) in [6.07, 6.45) is 1.11. The number of aromatic amines is 1. The Balaban J connectivity index is 1.38. The number of carboxylic acid groups (broad SMARTS) is 1. The van der Waals surface area contributed by atoms with Gasteiger partial charge >= 0.3 is 16.3 Å². The summed E-state index contributed by atoms with van der Waals surface area (Å²) in [5, 5.41) is 30.8. The molecule has 9 N–H and O–H groups in total. The molecule has 4 amide bonds. The van der Waals surface area contributed by atoms with Crippen LogP contribution < -0.4 is 27.1 Å². The Morgan fingerprint density at radius 1 is 1.20 bits per heavy atom. The maximum atomic E-state index is 13.2. The third kappa shape index (κ3) is 7.58. The number of amides is 4. The van der Waals surface area contributed by atoms with E-state index in [1.165, 1.54) is 5.38 Å². The van der Waals surface area contributed by atoms with E-state index >= 15 is 0 Å². The van der Waals surface area contributed by atoms with Gasteiger partial charge in [0.2, 0.25) is 22.8 Å². The van der Waals surface area contributed by atoms with Crippen molar-refractivity contribution < 1.29 is 52.0 Å². The Hall–Kier alpha value is -5.09. The minimum atomic E-state index is -5.12. The molecule has 1 saturated heterocycles.